The number of benzene rings is 2. The van der Waals surface area contributed by atoms with E-state index >= 15 is 0 Å². The van der Waals surface area contributed by atoms with Gasteiger partial charge in [-0.1, -0.05) is 48.0 Å². The number of nitrogens with zero attached hydrogens (tertiary/aromatic N) is 2. The summed E-state index contributed by atoms with van der Waals surface area (Å²) < 4.78 is 25.8. The fourth-order valence-corrected chi connectivity index (χ4v) is 3.70. The summed E-state index contributed by atoms with van der Waals surface area (Å²) in [4.78, 5) is 12.1. The number of anilines is 1. The van der Waals surface area contributed by atoms with Crippen LogP contribution < -0.4 is 4.72 Å². The number of nitrogens with one attached hydrogen (secondary N) is 1. The van der Waals surface area contributed by atoms with Gasteiger partial charge in [0.25, 0.3) is 0 Å². The Morgan fingerprint density at radius 2 is 1.92 bits per heavy atom. The summed E-state index contributed by atoms with van der Waals surface area (Å²) in [6.45, 7) is 3.49. The van der Waals surface area contributed by atoms with Gasteiger partial charge in [0.1, 0.15) is 0 Å². The Bertz CT molecular complexity index is 983. The van der Waals surface area contributed by atoms with Crippen molar-refractivity contribution in [2.45, 2.75) is 26.3 Å². The number of rotatable bonds is 4. The van der Waals surface area contributed by atoms with Gasteiger partial charge in [-0.2, -0.15) is 5.10 Å². The molecular weight excluding hydrogens is 350 g/mol. The summed E-state index contributed by atoms with van der Waals surface area (Å²) in [5.74, 6) is -0.153. The molecule has 1 unspecified atom stereocenters. The van der Waals surface area contributed by atoms with Crippen LogP contribution in [-0.4, -0.2) is 31.3 Å². The molecule has 26 heavy (non-hydrogen) atoms. The highest BCUT2D eigenvalue weighted by Gasteiger charge is 2.32. The molecule has 0 spiro atoms. The zero-order valence-electron chi connectivity index (χ0n) is 14.9. The van der Waals surface area contributed by atoms with Crippen molar-refractivity contribution in [3.05, 3.63) is 65.2 Å². The molecule has 0 bridgehead atoms. The van der Waals surface area contributed by atoms with E-state index in [9.17, 15) is 13.2 Å². The van der Waals surface area contributed by atoms with Crippen LogP contribution in [0.25, 0.3) is 0 Å². The van der Waals surface area contributed by atoms with Crippen molar-refractivity contribution in [2.24, 2.45) is 5.10 Å². The van der Waals surface area contributed by atoms with Gasteiger partial charge in [0.05, 0.1) is 23.7 Å². The smallest absolute Gasteiger partial charge is 0.240 e. The van der Waals surface area contributed by atoms with E-state index in [2.05, 4.69) is 9.82 Å². The molecule has 6 nitrogen and oxygen atoms in total. The summed E-state index contributed by atoms with van der Waals surface area (Å²) in [7, 11) is -3.42. The Labute approximate surface area is 153 Å². The number of hydrogen-bond acceptors (Lipinski definition) is 4. The maximum atomic E-state index is 12.1. The molecule has 1 aliphatic rings. The summed E-state index contributed by atoms with van der Waals surface area (Å²) in [6, 6.07) is 14.9. The van der Waals surface area contributed by atoms with E-state index in [0.29, 0.717) is 23.4 Å². The van der Waals surface area contributed by atoms with Gasteiger partial charge in [0, 0.05) is 18.9 Å². The number of hydrazone groups is 1. The largest absolute Gasteiger partial charge is 0.283 e. The molecule has 0 saturated heterocycles. The van der Waals surface area contributed by atoms with Crippen molar-refractivity contribution < 1.29 is 13.2 Å². The molecule has 1 amide bonds. The fraction of sp³-hybridized carbons (Fsp3) is 0.263. The third-order valence-electron chi connectivity index (χ3n) is 4.19. The van der Waals surface area contributed by atoms with Crippen LogP contribution in [0.1, 0.15) is 36.1 Å². The average molecular weight is 371 g/mol. The number of para-hydroxylation sites is 1. The Balaban J connectivity index is 2.00. The molecule has 2 aromatic rings. The number of carbonyl (C=O) groups excluding carboxylic acids is 1. The highest BCUT2D eigenvalue weighted by Crippen LogP contribution is 2.34. The molecule has 1 aliphatic heterocycles. The first-order valence-corrected chi connectivity index (χ1v) is 10.1. The quantitative estimate of drug-likeness (QED) is 0.897. The number of aryl methyl sites for hydroxylation is 1. The van der Waals surface area contributed by atoms with Gasteiger partial charge in [-0.3, -0.25) is 9.52 Å². The molecule has 0 saturated carbocycles. The minimum absolute atomic E-state index is 0.153. The molecule has 1 heterocycles. The van der Waals surface area contributed by atoms with E-state index in [1.165, 1.54) is 11.9 Å². The molecule has 136 valence electrons. The second-order valence-corrected chi connectivity index (χ2v) is 8.21. The lowest BCUT2D eigenvalue weighted by atomic mass is 9.96. The van der Waals surface area contributed by atoms with Crippen LogP contribution in [0.4, 0.5) is 5.69 Å². The highest BCUT2D eigenvalue weighted by atomic mass is 32.2. The molecule has 0 fully saturated rings. The van der Waals surface area contributed by atoms with Crippen molar-refractivity contribution in [1.82, 2.24) is 5.01 Å². The minimum atomic E-state index is -3.42. The Hall–Kier alpha value is -2.67. The Morgan fingerprint density at radius 3 is 2.58 bits per heavy atom. The summed E-state index contributed by atoms with van der Waals surface area (Å²) in [5.41, 5.74) is 3.94. The normalized spacial score (nSPS) is 17.1. The van der Waals surface area contributed by atoms with E-state index in [1.54, 1.807) is 12.1 Å². The van der Waals surface area contributed by atoms with E-state index in [1.807, 2.05) is 43.3 Å². The third kappa shape index (κ3) is 3.94. The van der Waals surface area contributed by atoms with Gasteiger partial charge in [-0.25, -0.2) is 13.4 Å². The summed E-state index contributed by atoms with van der Waals surface area (Å²) in [5, 5.41) is 5.98. The van der Waals surface area contributed by atoms with Crippen LogP contribution in [-0.2, 0) is 14.8 Å². The molecule has 7 heteroatoms. The molecule has 0 radical (unpaired) electrons. The van der Waals surface area contributed by atoms with Crippen LogP contribution in [0.2, 0.25) is 0 Å². The van der Waals surface area contributed by atoms with Crippen molar-refractivity contribution in [3.8, 4) is 0 Å². The lowest BCUT2D eigenvalue weighted by Crippen LogP contribution is -2.24. The standard InChI is InChI=1S/C19H21N3O3S/c1-13-7-6-8-15(11-13)19-12-18(20-22(19)14(2)23)16-9-4-5-10-17(16)21-26(3,24)25/h4-11,19,21H,12H2,1-3H3. The van der Waals surface area contributed by atoms with Crippen LogP contribution in [0.3, 0.4) is 0 Å². The second kappa shape index (κ2) is 6.92. The van der Waals surface area contributed by atoms with E-state index < -0.39 is 10.0 Å². The zero-order valence-corrected chi connectivity index (χ0v) is 15.7. The van der Waals surface area contributed by atoms with Crippen molar-refractivity contribution in [1.29, 1.82) is 0 Å². The van der Waals surface area contributed by atoms with Gasteiger partial charge in [-0.05, 0) is 18.6 Å². The van der Waals surface area contributed by atoms with Crippen LogP contribution >= 0.6 is 0 Å². The first-order chi connectivity index (χ1) is 12.2. The maximum absolute atomic E-state index is 12.1. The second-order valence-electron chi connectivity index (χ2n) is 6.46. The van der Waals surface area contributed by atoms with Gasteiger partial charge in [0.15, 0.2) is 0 Å². The zero-order chi connectivity index (χ0) is 18.9. The van der Waals surface area contributed by atoms with Gasteiger partial charge < -0.3 is 0 Å². The average Bonchev–Trinajstić information content (AvgIpc) is 2.99. The Morgan fingerprint density at radius 1 is 1.19 bits per heavy atom. The molecule has 3 rings (SSSR count). The molecule has 0 aliphatic carbocycles. The van der Waals surface area contributed by atoms with Crippen molar-refractivity contribution in [3.63, 3.8) is 0 Å². The third-order valence-corrected chi connectivity index (χ3v) is 4.78. The molecule has 0 aromatic heterocycles. The predicted molar refractivity (Wildman–Crippen MR) is 103 cm³/mol. The molecule has 1 N–H and O–H groups in total. The first kappa shape index (κ1) is 18.1. The summed E-state index contributed by atoms with van der Waals surface area (Å²) >= 11 is 0. The van der Waals surface area contributed by atoms with E-state index in [4.69, 9.17) is 0 Å². The van der Waals surface area contributed by atoms with E-state index in [0.717, 1.165) is 17.4 Å². The fourth-order valence-electron chi connectivity index (χ4n) is 3.12. The molecule has 1 atom stereocenters. The number of sulfonamides is 1. The van der Waals surface area contributed by atoms with Gasteiger partial charge in [0.2, 0.25) is 15.9 Å². The Kier molecular flexibility index (Phi) is 4.82. The van der Waals surface area contributed by atoms with Gasteiger partial charge >= 0.3 is 0 Å². The number of carbonyl (C=O) groups is 1. The van der Waals surface area contributed by atoms with Crippen molar-refractivity contribution in [2.75, 3.05) is 11.0 Å². The SMILES string of the molecule is CC(=O)N1N=C(c2ccccc2NS(C)(=O)=O)CC1c1cccc(C)c1. The lowest BCUT2D eigenvalue weighted by molar-refractivity contribution is -0.130. The molecule has 2 aromatic carbocycles. The lowest BCUT2D eigenvalue weighted by Gasteiger charge is -2.20. The van der Waals surface area contributed by atoms with Crippen LogP contribution in [0.5, 0.6) is 0 Å². The monoisotopic (exact) mass is 371 g/mol. The first-order valence-electron chi connectivity index (χ1n) is 8.25. The van der Waals surface area contributed by atoms with Gasteiger partial charge in [-0.15, -0.1) is 0 Å². The number of amides is 1. The maximum Gasteiger partial charge on any atom is 0.240 e. The molecular formula is C19H21N3O3S. The minimum Gasteiger partial charge on any atom is -0.283 e. The topological polar surface area (TPSA) is 78.8 Å². The van der Waals surface area contributed by atoms with Crippen LogP contribution in [0.15, 0.2) is 53.6 Å². The highest BCUT2D eigenvalue weighted by molar-refractivity contribution is 7.92. The number of hydrogen-bond donors (Lipinski definition) is 1. The van der Waals surface area contributed by atoms with Crippen molar-refractivity contribution >= 4 is 27.3 Å². The van der Waals surface area contributed by atoms with E-state index in [-0.39, 0.29) is 11.9 Å². The predicted octanol–water partition coefficient (Wildman–Crippen LogP) is 3.06. The van der Waals surface area contributed by atoms with Crippen LogP contribution in [0, 0.1) is 6.92 Å². The summed E-state index contributed by atoms with van der Waals surface area (Å²) in [6.07, 6.45) is 1.63.